The number of nitrogens with one attached hydrogen (secondary N) is 1. The Kier molecular flexibility index (Phi) is 2.01. The van der Waals surface area contributed by atoms with Crippen LogP contribution in [-0.4, -0.2) is 11.2 Å². The summed E-state index contributed by atoms with van der Waals surface area (Å²) in [5, 5.41) is 12.6. The van der Waals surface area contributed by atoms with Gasteiger partial charge in [0.05, 0.1) is 5.54 Å². The van der Waals surface area contributed by atoms with E-state index in [1.807, 2.05) is 6.92 Å². The molecule has 5 unspecified atom stereocenters. The van der Waals surface area contributed by atoms with Gasteiger partial charge in [-0.15, -0.1) is 0 Å². The first-order valence-electron chi connectivity index (χ1n) is 6.44. The second-order valence-electron chi connectivity index (χ2n) is 6.02. The van der Waals surface area contributed by atoms with Crippen LogP contribution in [0, 0.1) is 23.3 Å². The van der Waals surface area contributed by atoms with E-state index < -0.39 is 5.66 Å². The summed E-state index contributed by atoms with van der Waals surface area (Å²) in [4.78, 5) is 0. The van der Waals surface area contributed by atoms with Crippen LogP contribution < -0.4 is 0 Å². The van der Waals surface area contributed by atoms with Crippen molar-refractivity contribution in [3.63, 3.8) is 0 Å². The number of rotatable bonds is 1. The highest BCUT2D eigenvalue weighted by Gasteiger charge is 2.68. The first-order valence-corrected chi connectivity index (χ1v) is 6.44. The second kappa shape index (κ2) is 3.11. The lowest BCUT2D eigenvalue weighted by Gasteiger charge is -2.56. The fourth-order valence-electron chi connectivity index (χ4n) is 4.46. The first-order chi connectivity index (χ1) is 7.62. The highest BCUT2D eigenvalue weighted by molar-refractivity contribution is 5.20. The van der Waals surface area contributed by atoms with E-state index in [4.69, 9.17) is 5.53 Å². The lowest BCUT2D eigenvalue weighted by molar-refractivity contribution is -0.0564. The Hall–Kier alpha value is -0.800. The molecule has 4 nitrogen and oxygen atoms in total. The van der Waals surface area contributed by atoms with Crippen molar-refractivity contribution in [2.24, 2.45) is 33.1 Å². The molecule has 0 saturated heterocycles. The van der Waals surface area contributed by atoms with E-state index in [9.17, 15) is 0 Å². The summed E-state index contributed by atoms with van der Waals surface area (Å²) in [6, 6.07) is 0. The summed E-state index contributed by atoms with van der Waals surface area (Å²) in [6.07, 6.45) is 6.63. The molecule has 1 heterocycles. The number of nitrogens with zero attached hydrogens (tertiary/aromatic N) is 3. The molecule has 2 fully saturated rings. The molecule has 0 spiro atoms. The fraction of sp³-hybridized carbons (Fsp3) is 1.00. The molecule has 2 aliphatic carbocycles. The van der Waals surface area contributed by atoms with Gasteiger partial charge in [-0.05, 0) is 38.5 Å². The number of hydrogen-bond donors (Lipinski definition) is 1. The van der Waals surface area contributed by atoms with Crippen LogP contribution in [0.1, 0.15) is 46.0 Å². The SMILES string of the molecule is CC1(N=N)N=NC2(C)C3CCCCCC3C12. The van der Waals surface area contributed by atoms with E-state index in [0.717, 1.165) is 0 Å². The van der Waals surface area contributed by atoms with Crippen LogP contribution in [0.25, 0.3) is 0 Å². The van der Waals surface area contributed by atoms with Gasteiger partial charge in [-0.2, -0.15) is 15.3 Å². The number of hydrogen-bond acceptors (Lipinski definition) is 4. The third kappa shape index (κ3) is 1.05. The van der Waals surface area contributed by atoms with Gasteiger partial charge in [-0.1, -0.05) is 19.3 Å². The van der Waals surface area contributed by atoms with Gasteiger partial charge in [0.25, 0.3) is 0 Å². The van der Waals surface area contributed by atoms with Gasteiger partial charge in [0.1, 0.15) is 0 Å². The molecule has 2 saturated carbocycles. The van der Waals surface area contributed by atoms with Crippen molar-refractivity contribution >= 4 is 0 Å². The van der Waals surface area contributed by atoms with Crippen molar-refractivity contribution in [3.8, 4) is 0 Å². The van der Waals surface area contributed by atoms with Gasteiger partial charge < -0.3 is 0 Å². The van der Waals surface area contributed by atoms with Crippen molar-refractivity contribution in [2.45, 2.75) is 57.2 Å². The predicted octanol–water partition coefficient (Wildman–Crippen LogP) is 3.78. The Morgan fingerprint density at radius 2 is 1.88 bits per heavy atom. The number of fused-ring (bicyclic) bond motifs is 4. The zero-order chi connectivity index (χ0) is 11.4. The molecule has 0 amide bonds. The summed E-state index contributed by atoms with van der Waals surface area (Å²) in [6.45, 7) is 4.20. The average molecular weight is 220 g/mol. The summed E-state index contributed by atoms with van der Waals surface area (Å²) in [5.74, 6) is 1.80. The van der Waals surface area contributed by atoms with E-state index in [1.54, 1.807) is 0 Å². The van der Waals surface area contributed by atoms with E-state index in [-0.39, 0.29) is 5.54 Å². The standard InChI is InChI=1S/C12H20N4/c1-11-9-7-5-3-4-6-8(9)10(11)12(2,14-13)16-15-11/h8-10,13H,3-7H2,1-2H3. The van der Waals surface area contributed by atoms with Crippen molar-refractivity contribution in [1.29, 1.82) is 5.53 Å². The minimum atomic E-state index is -0.555. The Morgan fingerprint density at radius 3 is 2.62 bits per heavy atom. The molecule has 4 heteroatoms. The van der Waals surface area contributed by atoms with Crippen molar-refractivity contribution in [2.75, 3.05) is 0 Å². The third-order valence-electron chi connectivity index (χ3n) is 5.16. The molecule has 0 aromatic rings. The fourth-order valence-corrected chi connectivity index (χ4v) is 4.46. The van der Waals surface area contributed by atoms with Crippen LogP contribution >= 0.6 is 0 Å². The molecule has 3 rings (SSSR count). The van der Waals surface area contributed by atoms with Crippen LogP contribution in [0.15, 0.2) is 15.3 Å². The van der Waals surface area contributed by atoms with Crippen molar-refractivity contribution in [1.82, 2.24) is 0 Å². The Balaban J connectivity index is 1.94. The topological polar surface area (TPSA) is 60.9 Å². The maximum Gasteiger partial charge on any atom is 0.193 e. The first kappa shape index (κ1) is 10.4. The Bertz CT molecular complexity index is 353. The van der Waals surface area contributed by atoms with Crippen LogP contribution in [0.3, 0.4) is 0 Å². The molecule has 0 aromatic carbocycles. The highest BCUT2D eigenvalue weighted by Crippen LogP contribution is 2.64. The molecular formula is C12H20N4. The smallest absolute Gasteiger partial charge is 0.193 e. The molecule has 3 aliphatic rings. The quantitative estimate of drug-likeness (QED) is 0.654. The predicted molar refractivity (Wildman–Crippen MR) is 60.4 cm³/mol. The normalized spacial score (nSPS) is 54.8. The molecule has 5 atom stereocenters. The van der Waals surface area contributed by atoms with Crippen molar-refractivity contribution in [3.05, 3.63) is 0 Å². The maximum absolute atomic E-state index is 7.37. The van der Waals surface area contributed by atoms with Crippen molar-refractivity contribution < 1.29 is 0 Å². The van der Waals surface area contributed by atoms with E-state index in [1.165, 1.54) is 32.1 Å². The molecular weight excluding hydrogens is 200 g/mol. The molecule has 0 aromatic heterocycles. The minimum Gasteiger partial charge on any atom is -0.207 e. The second-order valence-corrected chi connectivity index (χ2v) is 6.02. The third-order valence-corrected chi connectivity index (χ3v) is 5.16. The largest absolute Gasteiger partial charge is 0.207 e. The lowest BCUT2D eigenvalue weighted by Crippen LogP contribution is -2.62. The Labute approximate surface area is 96.4 Å². The molecule has 0 radical (unpaired) electrons. The molecule has 0 bridgehead atoms. The van der Waals surface area contributed by atoms with Crippen LogP contribution in [-0.2, 0) is 0 Å². The maximum atomic E-state index is 7.37. The summed E-state index contributed by atoms with van der Waals surface area (Å²) >= 11 is 0. The molecule has 1 N–H and O–H groups in total. The van der Waals surface area contributed by atoms with Crippen LogP contribution in [0.4, 0.5) is 0 Å². The summed E-state index contributed by atoms with van der Waals surface area (Å²) < 4.78 is 0. The minimum absolute atomic E-state index is 0.00565. The van der Waals surface area contributed by atoms with Gasteiger partial charge in [0.2, 0.25) is 0 Å². The van der Waals surface area contributed by atoms with E-state index in [2.05, 4.69) is 22.3 Å². The van der Waals surface area contributed by atoms with Gasteiger partial charge in [-0.3, -0.25) is 0 Å². The average Bonchev–Trinajstić information content (AvgIpc) is 2.45. The monoisotopic (exact) mass is 220 g/mol. The van der Waals surface area contributed by atoms with Gasteiger partial charge >= 0.3 is 0 Å². The van der Waals surface area contributed by atoms with Crippen LogP contribution in [0.5, 0.6) is 0 Å². The van der Waals surface area contributed by atoms with Gasteiger partial charge in [-0.25, -0.2) is 5.53 Å². The zero-order valence-corrected chi connectivity index (χ0v) is 10.1. The van der Waals surface area contributed by atoms with Gasteiger partial charge in [0, 0.05) is 5.92 Å². The molecule has 1 aliphatic heterocycles. The van der Waals surface area contributed by atoms with Gasteiger partial charge in [0.15, 0.2) is 5.66 Å². The molecule has 88 valence electrons. The Morgan fingerprint density at radius 1 is 1.12 bits per heavy atom. The van der Waals surface area contributed by atoms with Crippen LogP contribution in [0.2, 0.25) is 0 Å². The highest BCUT2D eigenvalue weighted by atomic mass is 15.4. The zero-order valence-electron chi connectivity index (χ0n) is 10.1. The number of azo groups is 1. The molecule has 16 heavy (non-hydrogen) atoms. The van der Waals surface area contributed by atoms with E-state index in [0.29, 0.717) is 17.8 Å². The summed E-state index contributed by atoms with van der Waals surface area (Å²) in [5.41, 5.74) is 6.81. The summed E-state index contributed by atoms with van der Waals surface area (Å²) in [7, 11) is 0. The lowest BCUT2D eigenvalue weighted by atomic mass is 9.48. The van der Waals surface area contributed by atoms with E-state index >= 15 is 0 Å².